The summed E-state index contributed by atoms with van der Waals surface area (Å²) in [7, 11) is 0. The maximum atomic E-state index is 13.4. The molecular formula is C23H17F3N2O3. The lowest BCUT2D eigenvalue weighted by atomic mass is 10.0. The number of benzene rings is 2. The zero-order valence-electron chi connectivity index (χ0n) is 16.1. The first-order chi connectivity index (χ1) is 14.8. The second-order valence-electron chi connectivity index (χ2n) is 6.97. The van der Waals surface area contributed by atoms with Crippen LogP contribution in [0, 0.1) is 0 Å². The summed E-state index contributed by atoms with van der Waals surface area (Å²) in [5.74, 6) is -1.09. The fraction of sp³-hybridized carbons (Fsp3) is 0.130. The van der Waals surface area contributed by atoms with Gasteiger partial charge in [0.25, 0.3) is 5.91 Å². The van der Waals surface area contributed by atoms with Gasteiger partial charge < -0.3 is 14.6 Å². The smallest absolute Gasteiger partial charge is 0.417 e. The fourth-order valence-electron chi connectivity index (χ4n) is 3.49. The van der Waals surface area contributed by atoms with Crippen molar-refractivity contribution in [1.82, 2.24) is 0 Å². The van der Waals surface area contributed by atoms with Gasteiger partial charge in [-0.25, -0.2) is 0 Å². The number of nitrogens with one attached hydrogen (secondary N) is 1. The molecule has 1 aliphatic heterocycles. The van der Waals surface area contributed by atoms with E-state index in [1.165, 1.54) is 36.8 Å². The SMILES string of the molecule is O=C(/C=C(\c1ccccc1)C(F)(F)F)Nc1ccc2c(c1)CCN2C(=O)c1ccoc1. The van der Waals surface area contributed by atoms with Crippen LogP contribution in [0.2, 0.25) is 0 Å². The number of carbonyl (C=O) groups excluding carboxylic acids is 2. The van der Waals surface area contributed by atoms with Gasteiger partial charge in [0.2, 0.25) is 5.91 Å². The van der Waals surface area contributed by atoms with Gasteiger partial charge >= 0.3 is 6.18 Å². The summed E-state index contributed by atoms with van der Waals surface area (Å²) in [5.41, 5.74) is 1.18. The van der Waals surface area contributed by atoms with E-state index < -0.39 is 17.7 Å². The average molecular weight is 426 g/mol. The van der Waals surface area contributed by atoms with Crippen LogP contribution >= 0.6 is 0 Å². The van der Waals surface area contributed by atoms with E-state index in [4.69, 9.17) is 4.42 Å². The van der Waals surface area contributed by atoms with Gasteiger partial charge in [-0.2, -0.15) is 13.2 Å². The van der Waals surface area contributed by atoms with Crippen molar-refractivity contribution < 1.29 is 27.2 Å². The number of amides is 2. The largest absolute Gasteiger partial charge is 0.472 e. The van der Waals surface area contributed by atoms with Crippen LogP contribution in [0.1, 0.15) is 21.5 Å². The number of allylic oxidation sites excluding steroid dienone is 1. The van der Waals surface area contributed by atoms with Gasteiger partial charge in [0.15, 0.2) is 0 Å². The highest BCUT2D eigenvalue weighted by molar-refractivity contribution is 6.08. The van der Waals surface area contributed by atoms with Crippen LogP contribution < -0.4 is 10.2 Å². The molecule has 1 N–H and O–H groups in total. The molecule has 3 aromatic rings. The third-order valence-electron chi connectivity index (χ3n) is 4.92. The van der Waals surface area contributed by atoms with Gasteiger partial charge in [-0.15, -0.1) is 0 Å². The summed E-state index contributed by atoms with van der Waals surface area (Å²) >= 11 is 0. The van der Waals surface area contributed by atoms with Gasteiger partial charge in [0.1, 0.15) is 6.26 Å². The Bertz CT molecular complexity index is 1140. The van der Waals surface area contributed by atoms with E-state index in [1.807, 2.05) is 0 Å². The Morgan fingerprint density at radius 1 is 1.03 bits per heavy atom. The minimum atomic E-state index is -4.68. The maximum Gasteiger partial charge on any atom is 0.417 e. The third kappa shape index (κ3) is 4.37. The van der Waals surface area contributed by atoms with E-state index in [1.54, 1.807) is 35.2 Å². The Morgan fingerprint density at radius 2 is 1.81 bits per heavy atom. The molecule has 8 heteroatoms. The number of nitrogens with zero attached hydrogens (tertiary/aromatic N) is 1. The molecule has 0 radical (unpaired) electrons. The van der Waals surface area contributed by atoms with Crippen molar-refractivity contribution in [3.63, 3.8) is 0 Å². The molecule has 158 valence electrons. The van der Waals surface area contributed by atoms with E-state index >= 15 is 0 Å². The molecule has 2 aromatic carbocycles. The minimum Gasteiger partial charge on any atom is -0.472 e. The Kier molecular flexibility index (Phi) is 5.37. The third-order valence-corrected chi connectivity index (χ3v) is 4.92. The molecule has 0 saturated heterocycles. The van der Waals surface area contributed by atoms with Crippen LogP contribution in [0.3, 0.4) is 0 Å². The monoisotopic (exact) mass is 426 g/mol. The molecule has 0 atom stereocenters. The number of carbonyl (C=O) groups is 2. The van der Waals surface area contributed by atoms with Gasteiger partial charge in [0, 0.05) is 24.0 Å². The lowest BCUT2D eigenvalue weighted by molar-refractivity contribution is -0.112. The second kappa shape index (κ2) is 8.14. The predicted molar refractivity (Wildman–Crippen MR) is 110 cm³/mol. The number of fused-ring (bicyclic) bond motifs is 1. The highest BCUT2D eigenvalue weighted by atomic mass is 19.4. The van der Waals surface area contributed by atoms with Crippen molar-refractivity contribution in [3.8, 4) is 0 Å². The molecule has 0 spiro atoms. The minimum absolute atomic E-state index is 0.0903. The van der Waals surface area contributed by atoms with Gasteiger partial charge in [-0.05, 0) is 41.8 Å². The molecule has 2 amide bonds. The Morgan fingerprint density at radius 3 is 2.48 bits per heavy atom. The van der Waals surface area contributed by atoms with Crippen LogP contribution in [0.25, 0.3) is 5.57 Å². The molecule has 31 heavy (non-hydrogen) atoms. The van der Waals surface area contributed by atoms with Crippen molar-refractivity contribution in [3.05, 3.63) is 89.9 Å². The molecule has 0 fully saturated rings. The van der Waals surface area contributed by atoms with Crippen LogP contribution in [0.5, 0.6) is 0 Å². The molecular weight excluding hydrogens is 409 g/mol. The Balaban J connectivity index is 1.53. The summed E-state index contributed by atoms with van der Waals surface area (Å²) in [6.45, 7) is 0.461. The van der Waals surface area contributed by atoms with E-state index in [2.05, 4.69) is 5.32 Å². The maximum absolute atomic E-state index is 13.4. The summed E-state index contributed by atoms with van der Waals surface area (Å²) in [5, 5.41) is 2.48. The zero-order valence-corrected chi connectivity index (χ0v) is 16.1. The standard InChI is InChI=1S/C23H17F3N2O3/c24-23(25,26)19(15-4-2-1-3-5-15)13-21(29)27-18-6-7-20-16(12-18)8-10-28(20)22(30)17-9-11-31-14-17/h1-7,9,11-14H,8,10H2,(H,27,29)/b19-13+. The molecule has 1 aliphatic rings. The molecule has 0 saturated carbocycles. The van der Waals surface area contributed by atoms with Crippen molar-refractivity contribution in [2.75, 3.05) is 16.8 Å². The summed E-state index contributed by atoms with van der Waals surface area (Å²) in [6, 6.07) is 13.6. The van der Waals surface area contributed by atoms with E-state index in [-0.39, 0.29) is 11.5 Å². The molecule has 4 rings (SSSR count). The fourth-order valence-corrected chi connectivity index (χ4v) is 3.49. The molecule has 0 bridgehead atoms. The first-order valence-electron chi connectivity index (χ1n) is 9.45. The Labute approximate surface area is 175 Å². The van der Waals surface area contributed by atoms with Crippen LogP contribution in [0.4, 0.5) is 24.5 Å². The number of furan rings is 1. The van der Waals surface area contributed by atoms with Crippen LogP contribution in [-0.2, 0) is 11.2 Å². The molecule has 0 unspecified atom stereocenters. The highest BCUT2D eigenvalue weighted by Gasteiger charge is 2.35. The number of halogens is 3. The lowest BCUT2D eigenvalue weighted by Crippen LogP contribution is -2.28. The van der Waals surface area contributed by atoms with Gasteiger partial charge in [-0.1, -0.05) is 30.3 Å². The normalized spacial score (nSPS) is 13.8. The summed E-state index contributed by atoms with van der Waals surface area (Å²) in [4.78, 5) is 26.5. The Hall–Kier alpha value is -3.81. The predicted octanol–water partition coefficient (Wildman–Crippen LogP) is 5.07. The lowest BCUT2D eigenvalue weighted by Gasteiger charge is -2.16. The number of hydrogen-bond donors (Lipinski definition) is 1. The van der Waals surface area contributed by atoms with E-state index in [9.17, 15) is 22.8 Å². The molecule has 0 aliphatic carbocycles. The highest BCUT2D eigenvalue weighted by Crippen LogP contribution is 2.34. The summed E-state index contributed by atoms with van der Waals surface area (Å²) in [6.07, 6.45) is -0.772. The average Bonchev–Trinajstić information content (AvgIpc) is 3.41. The van der Waals surface area contributed by atoms with Crippen LogP contribution in [-0.4, -0.2) is 24.5 Å². The first kappa shape index (κ1) is 20.5. The number of anilines is 2. The van der Waals surface area contributed by atoms with Gasteiger partial charge in [0.05, 0.1) is 17.4 Å². The van der Waals surface area contributed by atoms with Crippen molar-refractivity contribution in [2.45, 2.75) is 12.6 Å². The quantitative estimate of drug-likeness (QED) is 0.593. The van der Waals surface area contributed by atoms with E-state index in [0.29, 0.717) is 36.0 Å². The van der Waals surface area contributed by atoms with Crippen molar-refractivity contribution in [1.29, 1.82) is 0 Å². The number of rotatable bonds is 4. The summed E-state index contributed by atoms with van der Waals surface area (Å²) < 4.78 is 45.2. The van der Waals surface area contributed by atoms with E-state index in [0.717, 1.165) is 5.56 Å². The van der Waals surface area contributed by atoms with Crippen LogP contribution in [0.15, 0.2) is 77.6 Å². The van der Waals surface area contributed by atoms with Crippen molar-refractivity contribution >= 4 is 28.8 Å². The molecule has 1 aromatic heterocycles. The topological polar surface area (TPSA) is 62.6 Å². The van der Waals surface area contributed by atoms with Gasteiger partial charge in [-0.3, -0.25) is 9.59 Å². The molecule has 5 nitrogen and oxygen atoms in total. The van der Waals surface area contributed by atoms with Crippen molar-refractivity contribution in [2.24, 2.45) is 0 Å². The second-order valence-corrected chi connectivity index (χ2v) is 6.97. The first-order valence-corrected chi connectivity index (χ1v) is 9.45. The number of alkyl halides is 3. The zero-order chi connectivity index (χ0) is 22.0. The number of hydrogen-bond acceptors (Lipinski definition) is 3. The molecule has 2 heterocycles.